The lowest BCUT2D eigenvalue weighted by Gasteiger charge is -2.36. The second kappa shape index (κ2) is 8.86. The normalized spacial score (nSPS) is 17.2. The molecule has 1 saturated heterocycles. The van der Waals surface area contributed by atoms with Crippen molar-refractivity contribution in [1.82, 2.24) is 14.5 Å². The topological polar surface area (TPSA) is 89.8 Å². The van der Waals surface area contributed by atoms with Crippen LogP contribution in [0.4, 0.5) is 0 Å². The van der Waals surface area contributed by atoms with Gasteiger partial charge in [0.25, 0.3) is 0 Å². The van der Waals surface area contributed by atoms with E-state index in [1.165, 1.54) is 4.31 Å². The summed E-state index contributed by atoms with van der Waals surface area (Å²) in [5.74, 6) is 0. The molecular formula is C21H27ClN4O2S. The van der Waals surface area contributed by atoms with Crippen molar-refractivity contribution in [2.24, 2.45) is 5.41 Å². The molecule has 156 valence electrons. The number of rotatable bonds is 7. The van der Waals surface area contributed by atoms with E-state index in [0.717, 1.165) is 18.4 Å². The highest BCUT2D eigenvalue weighted by molar-refractivity contribution is 7.89. The van der Waals surface area contributed by atoms with Gasteiger partial charge in [0.15, 0.2) is 0 Å². The largest absolute Gasteiger partial charge is 0.281 e. The molecule has 1 fully saturated rings. The average Bonchev–Trinajstić information content (AvgIpc) is 3.09. The van der Waals surface area contributed by atoms with Crippen LogP contribution in [0.5, 0.6) is 0 Å². The first-order chi connectivity index (χ1) is 13.8. The van der Waals surface area contributed by atoms with Crippen LogP contribution in [-0.4, -0.2) is 36.0 Å². The van der Waals surface area contributed by atoms with E-state index in [-0.39, 0.29) is 0 Å². The second-order valence-corrected chi connectivity index (χ2v) is 10.1. The van der Waals surface area contributed by atoms with Crippen molar-refractivity contribution in [1.29, 1.82) is 5.26 Å². The molecule has 0 amide bonds. The molecule has 0 bridgehead atoms. The van der Waals surface area contributed by atoms with E-state index < -0.39 is 15.4 Å². The van der Waals surface area contributed by atoms with E-state index in [1.54, 1.807) is 6.92 Å². The number of aromatic amines is 1. The van der Waals surface area contributed by atoms with Gasteiger partial charge in [0.1, 0.15) is 4.90 Å². The Morgan fingerprint density at radius 2 is 1.93 bits per heavy atom. The number of nitrogens with one attached hydrogen (secondary N) is 1. The third kappa shape index (κ3) is 4.66. The highest BCUT2D eigenvalue weighted by atomic mass is 35.5. The highest BCUT2D eigenvalue weighted by Gasteiger charge is 2.40. The molecule has 3 rings (SSSR count). The van der Waals surface area contributed by atoms with E-state index in [1.807, 2.05) is 24.3 Å². The summed E-state index contributed by atoms with van der Waals surface area (Å²) in [6.45, 7) is 4.49. The molecule has 0 aliphatic carbocycles. The number of hydrogen-bond donors (Lipinski definition) is 1. The van der Waals surface area contributed by atoms with Crippen LogP contribution in [0.3, 0.4) is 0 Å². The standard InChI is InChI=1S/C21H27ClN4O2S/c1-3-4-5-19-20(16(2)24-25-19)29(27,28)26-12-10-21(15-23,11-13-26)14-17-6-8-18(22)9-7-17/h6-9H,3-5,10-14H2,1-2H3,(H,24,25). The van der Waals surface area contributed by atoms with E-state index in [2.05, 4.69) is 23.2 Å². The van der Waals surface area contributed by atoms with Crippen LogP contribution < -0.4 is 0 Å². The Hall–Kier alpha value is -1.88. The molecule has 2 aromatic rings. The Labute approximate surface area is 177 Å². The molecule has 6 nitrogen and oxygen atoms in total. The Morgan fingerprint density at radius 3 is 2.52 bits per heavy atom. The lowest BCUT2D eigenvalue weighted by atomic mass is 9.75. The first-order valence-electron chi connectivity index (χ1n) is 10.0. The van der Waals surface area contributed by atoms with Crippen molar-refractivity contribution < 1.29 is 8.42 Å². The maximum Gasteiger partial charge on any atom is 0.246 e. The number of hydrogen-bond acceptors (Lipinski definition) is 4. The number of aromatic nitrogens is 2. The molecule has 2 heterocycles. The summed E-state index contributed by atoms with van der Waals surface area (Å²) in [6, 6.07) is 9.97. The van der Waals surface area contributed by atoms with Crippen LogP contribution >= 0.6 is 11.6 Å². The van der Waals surface area contributed by atoms with Crippen LogP contribution in [0.1, 0.15) is 49.6 Å². The lowest BCUT2D eigenvalue weighted by molar-refractivity contribution is 0.212. The van der Waals surface area contributed by atoms with Gasteiger partial charge in [-0.05, 0) is 56.7 Å². The van der Waals surface area contributed by atoms with Gasteiger partial charge in [-0.2, -0.15) is 14.7 Å². The predicted molar refractivity (Wildman–Crippen MR) is 113 cm³/mol. The Bertz CT molecular complexity index is 985. The zero-order valence-electron chi connectivity index (χ0n) is 16.9. The van der Waals surface area contributed by atoms with Crippen LogP contribution in [0.2, 0.25) is 5.02 Å². The first-order valence-corrected chi connectivity index (χ1v) is 11.8. The summed E-state index contributed by atoms with van der Waals surface area (Å²) in [4.78, 5) is 0.313. The molecule has 0 saturated carbocycles. The van der Waals surface area contributed by atoms with Crippen LogP contribution in [0.15, 0.2) is 29.2 Å². The summed E-state index contributed by atoms with van der Waals surface area (Å²) < 4.78 is 28.1. The third-order valence-electron chi connectivity index (χ3n) is 5.70. The SMILES string of the molecule is CCCCc1n[nH]c(C)c1S(=O)(=O)N1CCC(C#N)(Cc2ccc(Cl)cc2)CC1. The van der Waals surface area contributed by atoms with Gasteiger partial charge in [-0.15, -0.1) is 0 Å². The van der Waals surface area contributed by atoms with Gasteiger partial charge in [0.05, 0.1) is 22.9 Å². The minimum atomic E-state index is -3.63. The summed E-state index contributed by atoms with van der Waals surface area (Å²) in [7, 11) is -3.63. The minimum absolute atomic E-state index is 0.313. The number of unbranched alkanes of at least 4 members (excludes halogenated alkanes) is 1. The fraction of sp³-hybridized carbons (Fsp3) is 0.524. The number of aryl methyl sites for hydroxylation is 2. The molecule has 0 spiro atoms. The van der Waals surface area contributed by atoms with Crippen molar-refractivity contribution in [2.75, 3.05) is 13.1 Å². The molecule has 8 heteroatoms. The van der Waals surface area contributed by atoms with Gasteiger partial charge in [-0.1, -0.05) is 37.1 Å². The van der Waals surface area contributed by atoms with Crippen LogP contribution in [-0.2, 0) is 22.9 Å². The molecule has 1 aliphatic heterocycles. The zero-order chi connectivity index (χ0) is 21.1. The minimum Gasteiger partial charge on any atom is -0.281 e. The molecule has 0 unspecified atom stereocenters. The van der Waals surface area contributed by atoms with Crippen molar-refractivity contribution >= 4 is 21.6 Å². The van der Waals surface area contributed by atoms with E-state index in [0.29, 0.717) is 60.1 Å². The molecule has 1 aromatic heterocycles. The number of halogens is 1. The summed E-state index contributed by atoms with van der Waals surface area (Å²) in [5.41, 5.74) is 1.67. The fourth-order valence-corrected chi connectivity index (χ4v) is 5.86. The highest BCUT2D eigenvalue weighted by Crippen LogP contribution is 2.37. The van der Waals surface area contributed by atoms with Gasteiger partial charge in [0, 0.05) is 18.1 Å². The molecular weight excluding hydrogens is 408 g/mol. The number of sulfonamides is 1. The second-order valence-electron chi connectivity index (χ2n) is 7.83. The Kier molecular flexibility index (Phi) is 6.67. The monoisotopic (exact) mass is 434 g/mol. The molecule has 29 heavy (non-hydrogen) atoms. The van der Waals surface area contributed by atoms with Gasteiger partial charge in [-0.3, -0.25) is 5.10 Å². The third-order valence-corrected chi connectivity index (χ3v) is 8.05. The number of benzene rings is 1. The van der Waals surface area contributed by atoms with Crippen molar-refractivity contribution in [3.8, 4) is 6.07 Å². The smallest absolute Gasteiger partial charge is 0.246 e. The van der Waals surface area contributed by atoms with Gasteiger partial charge in [-0.25, -0.2) is 8.42 Å². The quantitative estimate of drug-likeness (QED) is 0.705. The molecule has 0 radical (unpaired) electrons. The maximum absolute atomic E-state index is 13.3. The molecule has 0 atom stereocenters. The number of nitriles is 1. The van der Waals surface area contributed by atoms with Crippen molar-refractivity contribution in [3.63, 3.8) is 0 Å². The summed E-state index contributed by atoms with van der Waals surface area (Å²) in [6.07, 6.45) is 4.12. The lowest BCUT2D eigenvalue weighted by Crippen LogP contribution is -2.43. The Morgan fingerprint density at radius 1 is 1.28 bits per heavy atom. The van der Waals surface area contributed by atoms with Gasteiger partial charge >= 0.3 is 0 Å². The van der Waals surface area contributed by atoms with Gasteiger partial charge < -0.3 is 0 Å². The fourth-order valence-electron chi connectivity index (χ4n) is 3.93. The van der Waals surface area contributed by atoms with E-state index >= 15 is 0 Å². The summed E-state index contributed by atoms with van der Waals surface area (Å²) in [5, 5.41) is 17.6. The maximum atomic E-state index is 13.3. The predicted octanol–water partition coefficient (Wildman–Crippen LogP) is 4.25. The van der Waals surface area contributed by atoms with E-state index in [9.17, 15) is 13.7 Å². The van der Waals surface area contributed by atoms with E-state index in [4.69, 9.17) is 11.6 Å². The zero-order valence-corrected chi connectivity index (χ0v) is 18.5. The number of H-pyrrole nitrogens is 1. The number of nitrogens with zero attached hydrogens (tertiary/aromatic N) is 3. The Balaban J connectivity index is 1.76. The van der Waals surface area contributed by atoms with Crippen molar-refractivity contribution in [2.45, 2.75) is 57.3 Å². The van der Waals surface area contributed by atoms with Crippen LogP contribution in [0, 0.1) is 23.7 Å². The van der Waals surface area contributed by atoms with Gasteiger partial charge in [0.2, 0.25) is 10.0 Å². The van der Waals surface area contributed by atoms with Crippen LogP contribution in [0.25, 0.3) is 0 Å². The summed E-state index contributed by atoms with van der Waals surface area (Å²) >= 11 is 5.95. The first kappa shape index (κ1) is 21.8. The average molecular weight is 435 g/mol. The molecule has 1 aromatic carbocycles. The molecule has 1 N–H and O–H groups in total. The number of piperidine rings is 1. The van der Waals surface area contributed by atoms with Crippen molar-refractivity contribution in [3.05, 3.63) is 46.2 Å². The molecule has 1 aliphatic rings.